The van der Waals surface area contributed by atoms with Gasteiger partial charge >= 0.3 is 0 Å². The fourth-order valence-electron chi connectivity index (χ4n) is 2.37. The molecule has 1 N–H and O–H groups in total. The van der Waals surface area contributed by atoms with Crippen LogP contribution in [0.4, 0.5) is 4.39 Å². The zero-order valence-corrected chi connectivity index (χ0v) is 15.9. The molecule has 0 fully saturated rings. The van der Waals surface area contributed by atoms with Gasteiger partial charge in [-0.25, -0.2) is 17.1 Å². The van der Waals surface area contributed by atoms with Crippen molar-refractivity contribution >= 4 is 15.9 Å². The van der Waals surface area contributed by atoms with E-state index in [-0.39, 0.29) is 17.0 Å². The summed E-state index contributed by atoms with van der Waals surface area (Å²) in [6.07, 6.45) is 0. The van der Waals surface area contributed by atoms with Gasteiger partial charge in [0.25, 0.3) is 5.91 Å². The summed E-state index contributed by atoms with van der Waals surface area (Å²) in [5.41, 5.74) is 0.704. The summed E-state index contributed by atoms with van der Waals surface area (Å²) >= 11 is 0. The van der Waals surface area contributed by atoms with Crippen LogP contribution in [0.3, 0.4) is 0 Å². The van der Waals surface area contributed by atoms with Crippen LogP contribution in [0.15, 0.2) is 53.4 Å². The molecule has 0 atom stereocenters. The Morgan fingerprint density at radius 1 is 1.18 bits per heavy atom. The summed E-state index contributed by atoms with van der Waals surface area (Å²) in [5.74, 6) is -0.552. The third-order valence-electron chi connectivity index (χ3n) is 3.89. The lowest BCUT2D eigenvalue weighted by atomic mass is 10.2. The highest BCUT2D eigenvalue weighted by molar-refractivity contribution is 7.89. The van der Waals surface area contributed by atoms with Gasteiger partial charge in [0.2, 0.25) is 10.0 Å². The number of rotatable bonds is 6. The second-order valence-electron chi connectivity index (χ2n) is 5.98. The minimum absolute atomic E-state index is 0.0000937. The topological polar surface area (TPSA) is 110 Å². The minimum atomic E-state index is -3.57. The maximum atomic E-state index is 13.4. The Labute approximate surface area is 160 Å². The van der Waals surface area contributed by atoms with Crippen molar-refractivity contribution in [1.82, 2.24) is 29.8 Å². The molecular formula is C17H17FN6O3S. The van der Waals surface area contributed by atoms with Crippen molar-refractivity contribution in [2.45, 2.75) is 11.4 Å². The number of aromatic nitrogens is 4. The molecule has 0 bridgehead atoms. The van der Waals surface area contributed by atoms with Crippen LogP contribution >= 0.6 is 0 Å². The maximum absolute atomic E-state index is 13.4. The first-order chi connectivity index (χ1) is 13.3. The standard InChI is InChI=1S/C17H17FN6O3S/c1-23(2)28(26,27)15-8-6-12(7-9-15)17(25)19-11-16-20-21-22-24(16)14-5-3-4-13(18)10-14/h3-10H,11H2,1-2H3,(H,19,25). The van der Waals surface area contributed by atoms with Crippen LogP contribution < -0.4 is 5.32 Å². The molecule has 0 saturated heterocycles. The summed E-state index contributed by atoms with van der Waals surface area (Å²) in [4.78, 5) is 12.4. The number of amides is 1. The number of hydrogen-bond donors (Lipinski definition) is 1. The molecule has 0 spiro atoms. The van der Waals surface area contributed by atoms with Crippen LogP contribution in [-0.4, -0.2) is 52.9 Å². The predicted molar refractivity (Wildman–Crippen MR) is 97.6 cm³/mol. The second kappa shape index (κ2) is 7.82. The predicted octanol–water partition coefficient (Wildman–Crippen LogP) is 0.982. The van der Waals surface area contributed by atoms with Crippen molar-refractivity contribution in [2.24, 2.45) is 0 Å². The van der Waals surface area contributed by atoms with Crippen LogP contribution in [0.5, 0.6) is 0 Å². The van der Waals surface area contributed by atoms with Gasteiger partial charge in [0.15, 0.2) is 5.82 Å². The van der Waals surface area contributed by atoms with Crippen LogP contribution in [0, 0.1) is 5.82 Å². The SMILES string of the molecule is CN(C)S(=O)(=O)c1ccc(C(=O)NCc2nnnn2-c2cccc(F)c2)cc1. The molecule has 0 unspecified atom stereocenters. The van der Waals surface area contributed by atoms with Crippen molar-refractivity contribution in [2.75, 3.05) is 14.1 Å². The zero-order valence-electron chi connectivity index (χ0n) is 15.1. The molecule has 1 aromatic heterocycles. The summed E-state index contributed by atoms with van der Waals surface area (Å²) in [5, 5.41) is 13.8. The lowest BCUT2D eigenvalue weighted by molar-refractivity contribution is 0.0949. The fourth-order valence-corrected chi connectivity index (χ4v) is 3.28. The summed E-state index contributed by atoms with van der Waals surface area (Å²) in [6, 6.07) is 11.3. The van der Waals surface area contributed by atoms with E-state index in [1.807, 2.05) is 0 Å². The Morgan fingerprint density at radius 3 is 2.54 bits per heavy atom. The molecule has 2 aromatic carbocycles. The first-order valence-corrected chi connectivity index (χ1v) is 9.57. The molecule has 0 radical (unpaired) electrons. The van der Waals surface area contributed by atoms with Crippen molar-refractivity contribution in [3.05, 3.63) is 65.7 Å². The maximum Gasteiger partial charge on any atom is 0.251 e. The number of hydrogen-bond acceptors (Lipinski definition) is 6. The third-order valence-corrected chi connectivity index (χ3v) is 5.72. The van der Waals surface area contributed by atoms with E-state index in [0.717, 1.165) is 4.31 Å². The van der Waals surface area contributed by atoms with E-state index in [1.54, 1.807) is 6.07 Å². The molecular weight excluding hydrogens is 387 g/mol. The number of carbonyl (C=O) groups excluding carboxylic acids is 1. The first kappa shape index (κ1) is 19.6. The smallest absolute Gasteiger partial charge is 0.251 e. The van der Waals surface area contributed by atoms with E-state index < -0.39 is 21.7 Å². The molecule has 146 valence electrons. The quantitative estimate of drug-likeness (QED) is 0.656. The number of sulfonamides is 1. The van der Waals surface area contributed by atoms with Gasteiger partial charge in [-0.3, -0.25) is 4.79 Å². The number of benzene rings is 2. The van der Waals surface area contributed by atoms with Crippen molar-refractivity contribution in [1.29, 1.82) is 0 Å². The van der Waals surface area contributed by atoms with Gasteiger partial charge in [-0.15, -0.1) is 5.10 Å². The van der Waals surface area contributed by atoms with Crippen molar-refractivity contribution < 1.29 is 17.6 Å². The van der Waals surface area contributed by atoms with Gasteiger partial charge in [0.05, 0.1) is 17.1 Å². The van der Waals surface area contributed by atoms with Gasteiger partial charge in [-0.2, -0.15) is 4.68 Å². The largest absolute Gasteiger partial charge is 0.345 e. The number of carbonyl (C=O) groups is 1. The Balaban J connectivity index is 1.71. The molecule has 28 heavy (non-hydrogen) atoms. The molecule has 3 rings (SSSR count). The molecule has 0 aliphatic heterocycles. The first-order valence-electron chi connectivity index (χ1n) is 8.13. The van der Waals surface area contributed by atoms with E-state index >= 15 is 0 Å². The molecule has 0 saturated carbocycles. The molecule has 11 heteroatoms. The number of nitrogens with one attached hydrogen (secondary N) is 1. The van der Waals surface area contributed by atoms with Crippen molar-refractivity contribution in [3.63, 3.8) is 0 Å². The highest BCUT2D eigenvalue weighted by atomic mass is 32.2. The Hall–Kier alpha value is -3.18. The average molecular weight is 404 g/mol. The van der Waals surface area contributed by atoms with E-state index in [4.69, 9.17) is 0 Å². The Bertz CT molecular complexity index is 1100. The highest BCUT2D eigenvalue weighted by Crippen LogP contribution is 2.14. The van der Waals surface area contributed by atoms with Crippen LogP contribution in [-0.2, 0) is 16.6 Å². The molecule has 0 aliphatic rings. The van der Waals surface area contributed by atoms with Crippen LogP contribution in [0.2, 0.25) is 0 Å². The highest BCUT2D eigenvalue weighted by Gasteiger charge is 2.18. The van der Waals surface area contributed by atoms with Crippen LogP contribution in [0.25, 0.3) is 5.69 Å². The van der Waals surface area contributed by atoms with Gasteiger partial charge in [-0.05, 0) is 52.9 Å². The number of tetrazole rings is 1. The third kappa shape index (κ3) is 4.05. The molecule has 0 aliphatic carbocycles. The van der Waals surface area contributed by atoms with Gasteiger partial charge < -0.3 is 5.32 Å². The Kier molecular flexibility index (Phi) is 5.47. The lowest BCUT2D eigenvalue weighted by Gasteiger charge is -2.11. The summed E-state index contributed by atoms with van der Waals surface area (Å²) in [6.45, 7) is 0.0000937. The van der Waals surface area contributed by atoms with Gasteiger partial charge in [-0.1, -0.05) is 6.07 Å². The lowest BCUT2D eigenvalue weighted by Crippen LogP contribution is -2.25. The summed E-state index contributed by atoms with van der Waals surface area (Å²) in [7, 11) is -0.707. The van der Waals surface area contributed by atoms with E-state index in [1.165, 1.54) is 61.2 Å². The van der Waals surface area contributed by atoms with E-state index in [9.17, 15) is 17.6 Å². The zero-order chi connectivity index (χ0) is 20.3. The average Bonchev–Trinajstić information content (AvgIpc) is 3.14. The molecule has 1 amide bonds. The summed E-state index contributed by atoms with van der Waals surface area (Å²) < 4.78 is 39.9. The van der Waals surface area contributed by atoms with E-state index in [0.29, 0.717) is 11.5 Å². The molecule has 3 aromatic rings. The molecule has 1 heterocycles. The molecule has 9 nitrogen and oxygen atoms in total. The second-order valence-corrected chi connectivity index (χ2v) is 8.13. The van der Waals surface area contributed by atoms with E-state index in [2.05, 4.69) is 20.8 Å². The fraction of sp³-hybridized carbons (Fsp3) is 0.176. The Morgan fingerprint density at radius 2 is 1.89 bits per heavy atom. The van der Waals surface area contributed by atoms with Gasteiger partial charge in [0, 0.05) is 19.7 Å². The van der Waals surface area contributed by atoms with Crippen LogP contribution in [0.1, 0.15) is 16.2 Å². The normalized spacial score (nSPS) is 11.6. The van der Waals surface area contributed by atoms with Crippen molar-refractivity contribution in [3.8, 4) is 5.69 Å². The number of nitrogens with zero attached hydrogens (tertiary/aromatic N) is 5. The monoisotopic (exact) mass is 404 g/mol. The number of halogens is 1. The minimum Gasteiger partial charge on any atom is -0.345 e. The van der Waals surface area contributed by atoms with Gasteiger partial charge in [0.1, 0.15) is 5.82 Å².